The van der Waals surface area contributed by atoms with Crippen LogP contribution >= 0.6 is 12.2 Å². The fraction of sp³-hybridized carbons (Fsp3) is 0.450. The van der Waals surface area contributed by atoms with Crippen molar-refractivity contribution in [3.8, 4) is 0 Å². The number of carbonyl (C=O) groups excluding carboxylic acids is 4. The number of amides is 2. The topological polar surface area (TPSA) is 114 Å². The lowest BCUT2D eigenvalue weighted by molar-refractivity contribution is -0.145. The molecule has 1 aliphatic heterocycles. The van der Waals surface area contributed by atoms with E-state index >= 15 is 0 Å². The third kappa shape index (κ3) is 7.43. The zero-order valence-corrected chi connectivity index (χ0v) is 17.5. The summed E-state index contributed by atoms with van der Waals surface area (Å²) in [5.41, 5.74) is 1.06. The molecule has 0 unspecified atom stereocenters. The predicted molar refractivity (Wildman–Crippen MR) is 111 cm³/mol. The summed E-state index contributed by atoms with van der Waals surface area (Å²) < 4.78 is 9.75. The zero-order valence-electron chi connectivity index (χ0n) is 16.7. The molecule has 2 rings (SSSR count). The Bertz CT molecular complexity index is 786. The van der Waals surface area contributed by atoms with Gasteiger partial charge >= 0.3 is 11.9 Å². The number of nitrogens with one attached hydrogen (secondary N) is 2. The maximum absolute atomic E-state index is 12.1. The summed E-state index contributed by atoms with van der Waals surface area (Å²) in [6.07, 6.45) is 0.217. The van der Waals surface area contributed by atoms with Gasteiger partial charge in [-0.1, -0.05) is 30.3 Å². The first kappa shape index (κ1) is 23.3. The summed E-state index contributed by atoms with van der Waals surface area (Å²) in [6, 6.07) is 8.75. The monoisotopic (exact) mass is 435 g/mol. The minimum absolute atomic E-state index is 0.0289. The second-order valence-corrected chi connectivity index (χ2v) is 6.98. The molecular formula is C20H25N3O6S. The van der Waals surface area contributed by atoms with Crippen LogP contribution in [0.4, 0.5) is 0 Å². The van der Waals surface area contributed by atoms with Crippen molar-refractivity contribution in [2.24, 2.45) is 0 Å². The van der Waals surface area contributed by atoms with Crippen molar-refractivity contribution < 1.29 is 28.7 Å². The highest BCUT2D eigenvalue weighted by molar-refractivity contribution is 7.80. The van der Waals surface area contributed by atoms with Crippen LogP contribution in [-0.4, -0.2) is 66.6 Å². The Morgan fingerprint density at radius 1 is 1.20 bits per heavy atom. The molecule has 1 aromatic rings. The van der Waals surface area contributed by atoms with Gasteiger partial charge in [-0.3, -0.25) is 19.2 Å². The molecule has 1 fully saturated rings. The average Bonchev–Trinajstić information content (AvgIpc) is 2.74. The lowest BCUT2D eigenvalue weighted by Crippen LogP contribution is -2.60. The quantitative estimate of drug-likeness (QED) is 0.443. The van der Waals surface area contributed by atoms with Gasteiger partial charge in [-0.2, -0.15) is 0 Å². The van der Waals surface area contributed by atoms with Gasteiger partial charge < -0.3 is 25.0 Å². The molecule has 1 aromatic carbocycles. The van der Waals surface area contributed by atoms with E-state index in [-0.39, 0.29) is 36.9 Å². The van der Waals surface area contributed by atoms with Crippen molar-refractivity contribution in [3.05, 3.63) is 35.9 Å². The molecule has 0 bridgehead atoms. The highest BCUT2D eigenvalue weighted by atomic mass is 32.1. The molecule has 0 spiro atoms. The Kier molecular flexibility index (Phi) is 9.20. The van der Waals surface area contributed by atoms with E-state index in [0.717, 1.165) is 5.56 Å². The van der Waals surface area contributed by atoms with E-state index in [1.165, 1.54) is 12.0 Å². The van der Waals surface area contributed by atoms with E-state index in [0.29, 0.717) is 19.5 Å². The van der Waals surface area contributed by atoms with Gasteiger partial charge in [0.05, 0.1) is 26.6 Å². The van der Waals surface area contributed by atoms with Gasteiger partial charge in [0.2, 0.25) is 11.8 Å². The summed E-state index contributed by atoms with van der Waals surface area (Å²) in [4.78, 5) is 49.1. The molecule has 0 radical (unpaired) electrons. The van der Waals surface area contributed by atoms with Crippen molar-refractivity contribution in [2.75, 3.05) is 26.8 Å². The third-order valence-electron chi connectivity index (χ3n) is 4.48. The van der Waals surface area contributed by atoms with Gasteiger partial charge in [0.15, 0.2) is 5.11 Å². The van der Waals surface area contributed by atoms with E-state index < -0.39 is 23.9 Å². The Hall–Kier alpha value is -3.01. The molecule has 0 aromatic heterocycles. The van der Waals surface area contributed by atoms with Crippen LogP contribution in [0, 0.1) is 0 Å². The molecule has 1 heterocycles. The number of nitrogens with zero attached hydrogens (tertiary/aromatic N) is 1. The highest BCUT2D eigenvalue weighted by Gasteiger charge is 2.34. The number of thiocarbonyl (C=S) groups is 1. The molecule has 10 heteroatoms. The summed E-state index contributed by atoms with van der Waals surface area (Å²) >= 11 is 5.22. The molecule has 9 nitrogen and oxygen atoms in total. The molecule has 30 heavy (non-hydrogen) atoms. The fourth-order valence-electron chi connectivity index (χ4n) is 2.87. The van der Waals surface area contributed by atoms with Gasteiger partial charge in [0.1, 0.15) is 6.04 Å². The Morgan fingerprint density at radius 3 is 2.63 bits per heavy atom. The maximum Gasteiger partial charge on any atom is 0.308 e. The van der Waals surface area contributed by atoms with Crippen LogP contribution in [0.15, 0.2) is 30.3 Å². The van der Waals surface area contributed by atoms with E-state index in [1.54, 1.807) is 0 Å². The van der Waals surface area contributed by atoms with Crippen LogP contribution in [0.25, 0.3) is 0 Å². The summed E-state index contributed by atoms with van der Waals surface area (Å²) in [7, 11) is 1.23. The Balaban J connectivity index is 1.74. The lowest BCUT2D eigenvalue weighted by Gasteiger charge is -2.36. The van der Waals surface area contributed by atoms with Crippen molar-refractivity contribution >= 4 is 41.1 Å². The van der Waals surface area contributed by atoms with Crippen LogP contribution in [0.5, 0.6) is 0 Å². The van der Waals surface area contributed by atoms with Gasteiger partial charge in [-0.15, -0.1) is 0 Å². The Morgan fingerprint density at radius 2 is 1.93 bits per heavy atom. The van der Waals surface area contributed by atoms with Gasteiger partial charge in [-0.05, 0) is 17.8 Å². The van der Waals surface area contributed by atoms with Crippen molar-refractivity contribution in [1.82, 2.24) is 15.5 Å². The number of hydrogen-bond acceptors (Lipinski definition) is 7. The number of methoxy groups -OCH3 is 1. The number of benzene rings is 1. The number of piperazine rings is 1. The van der Waals surface area contributed by atoms with Crippen molar-refractivity contribution in [2.45, 2.75) is 31.7 Å². The number of hydrogen-bond donors (Lipinski definition) is 2. The average molecular weight is 436 g/mol. The fourth-order valence-corrected chi connectivity index (χ4v) is 3.20. The SMILES string of the molecule is COC(=O)C[C@@H]1C(=O)NCCN1C(=S)NC(=O)CCC(=O)OCCc1ccccc1. The second kappa shape index (κ2) is 11.9. The summed E-state index contributed by atoms with van der Waals surface area (Å²) in [5.74, 6) is -1.88. The number of rotatable bonds is 8. The number of esters is 2. The Labute approximate surface area is 180 Å². The largest absolute Gasteiger partial charge is 0.469 e. The molecule has 2 N–H and O–H groups in total. The first-order chi connectivity index (χ1) is 14.4. The molecule has 0 aliphatic carbocycles. The zero-order chi connectivity index (χ0) is 21.9. The molecule has 2 amide bonds. The van der Waals surface area contributed by atoms with Crippen LogP contribution in [-0.2, 0) is 35.1 Å². The first-order valence-electron chi connectivity index (χ1n) is 9.55. The number of carbonyl (C=O) groups is 4. The second-order valence-electron chi connectivity index (χ2n) is 6.59. The molecule has 1 atom stereocenters. The normalized spacial score (nSPS) is 15.7. The van der Waals surface area contributed by atoms with E-state index in [9.17, 15) is 19.2 Å². The number of ether oxygens (including phenoxy) is 2. The van der Waals surface area contributed by atoms with Crippen molar-refractivity contribution in [3.63, 3.8) is 0 Å². The highest BCUT2D eigenvalue weighted by Crippen LogP contribution is 2.10. The molecule has 1 aliphatic rings. The summed E-state index contributed by atoms with van der Waals surface area (Å²) in [6.45, 7) is 0.912. The van der Waals surface area contributed by atoms with Gasteiger partial charge in [0, 0.05) is 25.9 Å². The molecular weight excluding hydrogens is 410 g/mol. The minimum Gasteiger partial charge on any atom is -0.469 e. The smallest absolute Gasteiger partial charge is 0.308 e. The molecule has 162 valence electrons. The minimum atomic E-state index is -0.859. The maximum atomic E-state index is 12.1. The van der Waals surface area contributed by atoms with E-state index in [4.69, 9.17) is 17.0 Å². The van der Waals surface area contributed by atoms with Gasteiger partial charge in [-0.25, -0.2) is 0 Å². The third-order valence-corrected chi connectivity index (χ3v) is 4.82. The first-order valence-corrected chi connectivity index (χ1v) is 9.96. The van der Waals surface area contributed by atoms with Crippen LogP contribution in [0.1, 0.15) is 24.8 Å². The summed E-state index contributed by atoms with van der Waals surface area (Å²) in [5, 5.41) is 5.19. The lowest BCUT2D eigenvalue weighted by atomic mass is 10.1. The van der Waals surface area contributed by atoms with Crippen molar-refractivity contribution in [1.29, 1.82) is 0 Å². The standard InChI is InChI=1S/C20H25N3O6S/c1-28-18(26)13-15-19(27)21-10-11-23(15)20(30)22-16(24)7-8-17(25)29-12-9-14-5-3-2-4-6-14/h2-6,15H,7-13H2,1H3,(H,21,27)(H,22,24,30)/t15-/m1/s1. The van der Waals surface area contributed by atoms with E-state index in [1.807, 2.05) is 30.3 Å². The predicted octanol–water partition coefficient (Wildman–Crippen LogP) is 0.317. The van der Waals surface area contributed by atoms with Crippen LogP contribution in [0.2, 0.25) is 0 Å². The van der Waals surface area contributed by atoms with Crippen LogP contribution in [0.3, 0.4) is 0 Å². The van der Waals surface area contributed by atoms with Gasteiger partial charge in [0.25, 0.3) is 0 Å². The van der Waals surface area contributed by atoms with Crippen LogP contribution < -0.4 is 10.6 Å². The molecule has 0 saturated carbocycles. The molecule has 1 saturated heterocycles. The van der Waals surface area contributed by atoms with E-state index in [2.05, 4.69) is 15.4 Å².